The molecule has 0 amide bonds. The maximum atomic E-state index is 5.71. The first-order valence-corrected chi connectivity index (χ1v) is 5.87. The average Bonchev–Trinajstić information content (AvgIpc) is 2.49. The number of hydrogen-bond donors (Lipinski definition) is 1. The molecule has 0 aromatic carbocycles. The highest BCUT2D eigenvalue weighted by Crippen LogP contribution is 2.39. The third kappa shape index (κ3) is 1.69. The molecule has 0 fully saturated rings. The molecule has 2 rings (SSSR count). The van der Waals surface area contributed by atoms with Crippen LogP contribution in [0.4, 0.5) is 0 Å². The van der Waals surface area contributed by atoms with Crippen molar-refractivity contribution in [1.29, 1.82) is 0 Å². The number of aryl methyl sites for hydroxylation is 2. The molecule has 1 aromatic rings. The van der Waals surface area contributed by atoms with Gasteiger partial charge in [0, 0.05) is 12.7 Å². The fourth-order valence-electron chi connectivity index (χ4n) is 2.82. The second-order valence-corrected chi connectivity index (χ2v) is 4.77. The maximum Gasteiger partial charge on any atom is 0.0662 e. The highest BCUT2D eigenvalue weighted by Gasteiger charge is 2.30. The van der Waals surface area contributed by atoms with Gasteiger partial charge in [0.15, 0.2) is 0 Å². The summed E-state index contributed by atoms with van der Waals surface area (Å²) >= 11 is 0. The Kier molecular flexibility index (Phi) is 2.83. The van der Waals surface area contributed by atoms with Crippen LogP contribution in [-0.2, 0) is 13.5 Å². The zero-order valence-electron chi connectivity index (χ0n) is 9.95. The summed E-state index contributed by atoms with van der Waals surface area (Å²) in [6, 6.07) is 0. The minimum Gasteiger partial charge on any atom is -0.330 e. The van der Waals surface area contributed by atoms with Crippen LogP contribution in [0.5, 0.6) is 0 Å². The van der Waals surface area contributed by atoms with E-state index in [1.165, 1.54) is 23.4 Å². The number of fused-ring (bicyclic) bond motifs is 1. The summed E-state index contributed by atoms with van der Waals surface area (Å²) in [6.07, 6.45) is 3.49. The van der Waals surface area contributed by atoms with Crippen molar-refractivity contribution < 1.29 is 0 Å². The van der Waals surface area contributed by atoms with Crippen molar-refractivity contribution in [3.8, 4) is 0 Å². The third-order valence-electron chi connectivity index (χ3n) is 3.83. The molecule has 0 spiro atoms. The average molecular weight is 207 g/mol. The highest BCUT2D eigenvalue weighted by molar-refractivity contribution is 5.32. The van der Waals surface area contributed by atoms with E-state index < -0.39 is 0 Å². The van der Waals surface area contributed by atoms with Gasteiger partial charge < -0.3 is 5.73 Å². The zero-order chi connectivity index (χ0) is 11.0. The molecule has 3 nitrogen and oxygen atoms in total. The van der Waals surface area contributed by atoms with Gasteiger partial charge in [-0.05, 0) is 50.1 Å². The number of aromatic nitrogens is 2. The lowest BCUT2D eigenvalue weighted by atomic mass is 9.76. The van der Waals surface area contributed by atoms with Crippen LogP contribution in [0.25, 0.3) is 0 Å². The molecule has 0 radical (unpaired) electrons. The van der Waals surface area contributed by atoms with Crippen LogP contribution < -0.4 is 5.73 Å². The summed E-state index contributed by atoms with van der Waals surface area (Å²) in [6.45, 7) is 5.30. The lowest BCUT2D eigenvalue weighted by molar-refractivity contribution is 0.384. The Balaban J connectivity index is 2.41. The molecule has 1 aromatic heterocycles. The minimum atomic E-state index is 0.632. The van der Waals surface area contributed by atoms with Gasteiger partial charge in [0.2, 0.25) is 0 Å². The number of hydrogen-bond acceptors (Lipinski definition) is 2. The first-order valence-electron chi connectivity index (χ1n) is 5.87. The molecule has 1 aliphatic carbocycles. The van der Waals surface area contributed by atoms with E-state index in [0.29, 0.717) is 5.92 Å². The first kappa shape index (κ1) is 10.7. The number of nitrogens with two attached hydrogens (primary N) is 1. The van der Waals surface area contributed by atoms with Gasteiger partial charge in [-0.1, -0.05) is 6.92 Å². The Morgan fingerprint density at radius 1 is 1.53 bits per heavy atom. The van der Waals surface area contributed by atoms with Crippen molar-refractivity contribution in [2.45, 2.75) is 39.0 Å². The lowest BCUT2D eigenvalue weighted by Crippen LogP contribution is -2.21. The van der Waals surface area contributed by atoms with Gasteiger partial charge in [-0.3, -0.25) is 4.68 Å². The standard InChI is InChI=1S/C12H21N3/c1-8-4-5-11-12(10(8)6-7-13)9(2)15(3)14-11/h8,10H,4-7,13H2,1-3H3. The molecule has 2 N–H and O–H groups in total. The molecule has 2 atom stereocenters. The van der Waals surface area contributed by atoms with Crippen LogP contribution in [0.15, 0.2) is 0 Å². The Labute approximate surface area is 91.7 Å². The number of nitrogens with zero attached hydrogens (tertiary/aromatic N) is 2. The van der Waals surface area contributed by atoms with E-state index in [0.717, 1.165) is 25.3 Å². The molecule has 15 heavy (non-hydrogen) atoms. The Morgan fingerprint density at radius 3 is 2.93 bits per heavy atom. The fourth-order valence-corrected chi connectivity index (χ4v) is 2.82. The van der Waals surface area contributed by atoms with Crippen molar-refractivity contribution in [3.63, 3.8) is 0 Å². The van der Waals surface area contributed by atoms with E-state index in [-0.39, 0.29) is 0 Å². The Hall–Kier alpha value is -0.830. The van der Waals surface area contributed by atoms with Crippen LogP contribution >= 0.6 is 0 Å². The van der Waals surface area contributed by atoms with Crippen LogP contribution in [0.2, 0.25) is 0 Å². The van der Waals surface area contributed by atoms with Crippen molar-refractivity contribution in [2.24, 2.45) is 18.7 Å². The van der Waals surface area contributed by atoms with Gasteiger partial charge in [0.1, 0.15) is 0 Å². The molecule has 3 heteroatoms. The SMILES string of the molecule is Cc1c2c(nn1C)CCC(C)C2CCN. The van der Waals surface area contributed by atoms with Crippen molar-refractivity contribution in [2.75, 3.05) is 6.54 Å². The number of rotatable bonds is 2. The molecular formula is C12H21N3. The molecule has 2 unspecified atom stereocenters. The quantitative estimate of drug-likeness (QED) is 0.803. The molecule has 1 heterocycles. The highest BCUT2D eigenvalue weighted by atomic mass is 15.3. The lowest BCUT2D eigenvalue weighted by Gasteiger charge is -2.28. The van der Waals surface area contributed by atoms with E-state index in [1.807, 2.05) is 11.7 Å². The van der Waals surface area contributed by atoms with Crippen molar-refractivity contribution in [3.05, 3.63) is 17.0 Å². The summed E-state index contributed by atoms with van der Waals surface area (Å²) < 4.78 is 2.02. The van der Waals surface area contributed by atoms with Crippen LogP contribution in [0.1, 0.15) is 42.6 Å². The molecule has 1 aliphatic rings. The van der Waals surface area contributed by atoms with Crippen LogP contribution in [0.3, 0.4) is 0 Å². The summed E-state index contributed by atoms with van der Waals surface area (Å²) in [7, 11) is 2.04. The summed E-state index contributed by atoms with van der Waals surface area (Å²) in [5.41, 5.74) is 9.84. The van der Waals surface area contributed by atoms with Crippen molar-refractivity contribution >= 4 is 0 Å². The first-order chi connectivity index (χ1) is 7.15. The second kappa shape index (κ2) is 3.97. The molecular weight excluding hydrogens is 186 g/mol. The van der Waals surface area contributed by atoms with E-state index in [2.05, 4.69) is 18.9 Å². The van der Waals surface area contributed by atoms with E-state index in [9.17, 15) is 0 Å². The topological polar surface area (TPSA) is 43.8 Å². The van der Waals surface area contributed by atoms with Crippen LogP contribution in [0, 0.1) is 12.8 Å². The molecule has 0 saturated carbocycles. The second-order valence-electron chi connectivity index (χ2n) is 4.77. The fraction of sp³-hybridized carbons (Fsp3) is 0.750. The largest absolute Gasteiger partial charge is 0.330 e. The minimum absolute atomic E-state index is 0.632. The zero-order valence-corrected chi connectivity index (χ0v) is 9.95. The van der Waals surface area contributed by atoms with E-state index in [1.54, 1.807) is 0 Å². The summed E-state index contributed by atoms with van der Waals surface area (Å²) in [5, 5.41) is 4.59. The van der Waals surface area contributed by atoms with Gasteiger partial charge in [0.05, 0.1) is 5.69 Å². The van der Waals surface area contributed by atoms with Gasteiger partial charge in [-0.25, -0.2) is 0 Å². The Morgan fingerprint density at radius 2 is 2.27 bits per heavy atom. The summed E-state index contributed by atoms with van der Waals surface area (Å²) in [4.78, 5) is 0. The van der Waals surface area contributed by atoms with Crippen molar-refractivity contribution in [1.82, 2.24) is 9.78 Å². The summed E-state index contributed by atoms with van der Waals surface area (Å²) in [5.74, 6) is 1.39. The smallest absolute Gasteiger partial charge is 0.0662 e. The Bertz CT molecular complexity index is 354. The van der Waals surface area contributed by atoms with E-state index in [4.69, 9.17) is 5.73 Å². The molecule has 84 valence electrons. The van der Waals surface area contributed by atoms with Gasteiger partial charge in [-0.15, -0.1) is 0 Å². The van der Waals surface area contributed by atoms with Gasteiger partial charge >= 0.3 is 0 Å². The molecule has 0 aliphatic heterocycles. The molecule has 0 saturated heterocycles. The van der Waals surface area contributed by atoms with Gasteiger partial charge in [0.25, 0.3) is 0 Å². The molecule has 0 bridgehead atoms. The predicted molar refractivity (Wildman–Crippen MR) is 61.8 cm³/mol. The maximum absolute atomic E-state index is 5.71. The monoisotopic (exact) mass is 207 g/mol. The van der Waals surface area contributed by atoms with Gasteiger partial charge in [-0.2, -0.15) is 5.10 Å². The van der Waals surface area contributed by atoms with E-state index >= 15 is 0 Å². The van der Waals surface area contributed by atoms with Crippen LogP contribution in [-0.4, -0.2) is 16.3 Å². The third-order valence-corrected chi connectivity index (χ3v) is 3.83. The normalized spacial score (nSPS) is 25.3. The predicted octanol–water partition coefficient (Wildman–Crippen LogP) is 1.74.